The van der Waals surface area contributed by atoms with E-state index in [1.165, 1.54) is 0 Å². The van der Waals surface area contributed by atoms with Crippen LogP contribution >= 0.6 is 11.3 Å². The molecule has 1 aliphatic rings. The van der Waals surface area contributed by atoms with Gasteiger partial charge in [0.05, 0.1) is 16.8 Å². The molecule has 0 spiro atoms. The Morgan fingerprint density at radius 1 is 1.25 bits per heavy atom. The topological polar surface area (TPSA) is 65.8 Å². The van der Waals surface area contributed by atoms with Crippen molar-refractivity contribution in [2.45, 2.75) is 6.54 Å². The summed E-state index contributed by atoms with van der Waals surface area (Å²) in [5, 5.41) is 20.5. The zero-order valence-corrected chi connectivity index (χ0v) is 13.9. The molecule has 2 heterocycles. The predicted octanol–water partition coefficient (Wildman–Crippen LogP) is 2.86. The average Bonchev–Trinajstić information content (AvgIpc) is 2.90. The first-order valence-corrected chi connectivity index (χ1v) is 8.74. The Morgan fingerprint density at radius 3 is 2.96 bits per heavy atom. The lowest BCUT2D eigenvalue weighted by atomic mass is 10.1. The molecule has 124 valence electrons. The van der Waals surface area contributed by atoms with Crippen LogP contribution in [0.2, 0.25) is 0 Å². The number of nitrogens with zero attached hydrogens (tertiary/aromatic N) is 2. The number of aliphatic hydroxyl groups excluding tert-OH is 1. The number of fused-ring (bicyclic) bond motifs is 2. The van der Waals surface area contributed by atoms with Crippen molar-refractivity contribution in [2.75, 3.05) is 26.3 Å². The van der Waals surface area contributed by atoms with Crippen LogP contribution < -0.4 is 4.74 Å². The molecule has 3 aromatic rings. The standard InChI is InChI=1S/C18H18N2O3S/c21-7-5-20-6-8-23-17-13(11-20)9-12(10-15(17)22)18-19-14-3-1-2-4-16(14)24-18/h1-4,9-10,21-22H,5-8,11H2. The van der Waals surface area contributed by atoms with Gasteiger partial charge in [-0.05, 0) is 24.3 Å². The number of rotatable bonds is 3. The van der Waals surface area contributed by atoms with Gasteiger partial charge >= 0.3 is 0 Å². The number of phenolic OH excluding ortho intramolecular Hbond substituents is 1. The van der Waals surface area contributed by atoms with Gasteiger partial charge in [-0.3, -0.25) is 4.90 Å². The van der Waals surface area contributed by atoms with Gasteiger partial charge in [0, 0.05) is 30.8 Å². The van der Waals surface area contributed by atoms with E-state index < -0.39 is 0 Å². The van der Waals surface area contributed by atoms with Gasteiger partial charge < -0.3 is 14.9 Å². The number of aromatic nitrogens is 1. The van der Waals surface area contributed by atoms with Crippen LogP contribution in [0.3, 0.4) is 0 Å². The van der Waals surface area contributed by atoms with Crippen molar-refractivity contribution in [3.8, 4) is 22.1 Å². The molecule has 0 saturated carbocycles. The minimum atomic E-state index is 0.110. The van der Waals surface area contributed by atoms with Crippen LogP contribution in [0.1, 0.15) is 5.56 Å². The van der Waals surface area contributed by atoms with Crippen LogP contribution in [0.25, 0.3) is 20.8 Å². The molecule has 24 heavy (non-hydrogen) atoms. The number of thiazole rings is 1. The summed E-state index contributed by atoms with van der Waals surface area (Å²) in [5.41, 5.74) is 2.78. The Labute approximate surface area is 143 Å². The number of hydrogen-bond donors (Lipinski definition) is 2. The monoisotopic (exact) mass is 342 g/mol. The van der Waals surface area contributed by atoms with Gasteiger partial charge in [-0.2, -0.15) is 0 Å². The Bertz CT molecular complexity index is 845. The van der Waals surface area contributed by atoms with Gasteiger partial charge in [0.2, 0.25) is 0 Å². The summed E-state index contributed by atoms with van der Waals surface area (Å²) in [5.74, 6) is 0.688. The fourth-order valence-electron chi connectivity index (χ4n) is 3.00. The van der Waals surface area contributed by atoms with E-state index in [0.29, 0.717) is 25.4 Å². The van der Waals surface area contributed by atoms with Crippen molar-refractivity contribution in [3.05, 3.63) is 42.0 Å². The van der Waals surface area contributed by atoms with Crippen molar-refractivity contribution in [3.63, 3.8) is 0 Å². The van der Waals surface area contributed by atoms with Crippen molar-refractivity contribution >= 4 is 21.6 Å². The number of benzene rings is 2. The number of ether oxygens (including phenoxy) is 1. The summed E-state index contributed by atoms with van der Waals surface area (Å²) in [7, 11) is 0. The molecule has 0 fully saturated rings. The number of aliphatic hydroxyl groups is 1. The van der Waals surface area contributed by atoms with Gasteiger partial charge in [-0.25, -0.2) is 4.98 Å². The number of hydrogen-bond acceptors (Lipinski definition) is 6. The minimum absolute atomic E-state index is 0.110. The first-order chi connectivity index (χ1) is 11.7. The second-order valence-electron chi connectivity index (χ2n) is 5.82. The van der Waals surface area contributed by atoms with Crippen molar-refractivity contribution in [2.24, 2.45) is 0 Å². The average molecular weight is 342 g/mol. The van der Waals surface area contributed by atoms with E-state index in [1.807, 2.05) is 30.3 Å². The Morgan fingerprint density at radius 2 is 2.12 bits per heavy atom. The molecule has 0 atom stereocenters. The van der Waals surface area contributed by atoms with Crippen LogP contribution in [0.5, 0.6) is 11.5 Å². The molecular weight excluding hydrogens is 324 g/mol. The molecule has 6 heteroatoms. The van der Waals surface area contributed by atoms with Crippen LogP contribution in [-0.4, -0.2) is 46.4 Å². The van der Waals surface area contributed by atoms with Gasteiger partial charge in [0.1, 0.15) is 11.6 Å². The molecule has 1 aliphatic heterocycles. The second-order valence-corrected chi connectivity index (χ2v) is 6.85. The maximum absolute atomic E-state index is 10.4. The fourth-order valence-corrected chi connectivity index (χ4v) is 3.96. The Kier molecular flexibility index (Phi) is 4.10. The minimum Gasteiger partial charge on any atom is -0.504 e. The largest absolute Gasteiger partial charge is 0.504 e. The van der Waals surface area contributed by atoms with E-state index in [9.17, 15) is 10.2 Å². The summed E-state index contributed by atoms with van der Waals surface area (Å²) >= 11 is 1.61. The molecule has 2 N–H and O–H groups in total. The lowest BCUT2D eigenvalue weighted by Gasteiger charge is -2.17. The first kappa shape index (κ1) is 15.4. The third kappa shape index (κ3) is 2.84. The number of aromatic hydroxyl groups is 1. The number of β-amino-alcohol motifs (C(OH)–C–C–N with tert-alkyl or cyclic N) is 1. The van der Waals surface area contributed by atoms with E-state index in [1.54, 1.807) is 17.4 Å². The molecule has 4 rings (SSSR count). The zero-order valence-electron chi connectivity index (χ0n) is 13.1. The Hall–Kier alpha value is -2.15. The number of phenols is 1. The quantitative estimate of drug-likeness (QED) is 0.766. The third-order valence-corrected chi connectivity index (χ3v) is 5.24. The van der Waals surface area contributed by atoms with Crippen LogP contribution in [-0.2, 0) is 6.54 Å². The summed E-state index contributed by atoms with van der Waals surface area (Å²) in [4.78, 5) is 6.78. The second kappa shape index (κ2) is 6.39. The zero-order chi connectivity index (χ0) is 16.5. The molecule has 0 radical (unpaired) electrons. The van der Waals surface area contributed by atoms with E-state index in [2.05, 4.69) is 9.88 Å². The van der Waals surface area contributed by atoms with E-state index in [-0.39, 0.29) is 12.4 Å². The van der Waals surface area contributed by atoms with E-state index in [0.717, 1.165) is 32.9 Å². The van der Waals surface area contributed by atoms with Crippen LogP contribution in [0.4, 0.5) is 0 Å². The van der Waals surface area contributed by atoms with Gasteiger partial charge in [-0.1, -0.05) is 12.1 Å². The summed E-state index contributed by atoms with van der Waals surface area (Å²) in [6.45, 7) is 2.57. The predicted molar refractivity (Wildman–Crippen MR) is 94.6 cm³/mol. The summed E-state index contributed by atoms with van der Waals surface area (Å²) < 4.78 is 6.84. The highest BCUT2D eigenvalue weighted by atomic mass is 32.1. The van der Waals surface area contributed by atoms with Crippen molar-refractivity contribution in [1.82, 2.24) is 9.88 Å². The van der Waals surface area contributed by atoms with Crippen LogP contribution in [0, 0.1) is 0 Å². The normalized spacial score (nSPS) is 15.0. The number of para-hydroxylation sites is 1. The SMILES string of the molecule is OCCN1CCOc2c(O)cc(-c3nc4ccccc4s3)cc2C1. The summed E-state index contributed by atoms with van der Waals surface area (Å²) in [6, 6.07) is 11.8. The molecule has 2 aromatic carbocycles. The highest BCUT2D eigenvalue weighted by Gasteiger charge is 2.20. The van der Waals surface area contributed by atoms with Crippen LogP contribution in [0.15, 0.2) is 36.4 Å². The lowest BCUT2D eigenvalue weighted by Crippen LogP contribution is -2.28. The molecule has 1 aromatic heterocycles. The summed E-state index contributed by atoms with van der Waals surface area (Å²) in [6.07, 6.45) is 0. The molecule has 5 nitrogen and oxygen atoms in total. The fraction of sp³-hybridized carbons (Fsp3) is 0.278. The highest BCUT2D eigenvalue weighted by molar-refractivity contribution is 7.21. The molecule has 0 aliphatic carbocycles. The smallest absolute Gasteiger partial charge is 0.165 e. The molecule has 0 amide bonds. The van der Waals surface area contributed by atoms with Crippen molar-refractivity contribution in [1.29, 1.82) is 0 Å². The highest BCUT2D eigenvalue weighted by Crippen LogP contribution is 2.39. The third-order valence-electron chi connectivity index (χ3n) is 4.15. The van der Waals surface area contributed by atoms with Crippen molar-refractivity contribution < 1.29 is 14.9 Å². The van der Waals surface area contributed by atoms with E-state index >= 15 is 0 Å². The molecule has 0 saturated heterocycles. The maximum Gasteiger partial charge on any atom is 0.165 e. The van der Waals surface area contributed by atoms with Gasteiger partial charge in [-0.15, -0.1) is 11.3 Å². The molecule has 0 bridgehead atoms. The van der Waals surface area contributed by atoms with E-state index in [4.69, 9.17) is 4.74 Å². The van der Waals surface area contributed by atoms with Gasteiger partial charge in [0.25, 0.3) is 0 Å². The Balaban J connectivity index is 1.76. The molecular formula is C18H18N2O3S. The maximum atomic E-state index is 10.4. The first-order valence-electron chi connectivity index (χ1n) is 7.92. The molecule has 0 unspecified atom stereocenters. The van der Waals surface area contributed by atoms with Gasteiger partial charge in [0.15, 0.2) is 11.5 Å². The lowest BCUT2D eigenvalue weighted by molar-refractivity contribution is 0.176.